The van der Waals surface area contributed by atoms with Crippen LogP contribution in [0.5, 0.6) is 0 Å². The Bertz CT molecular complexity index is 1730. The summed E-state index contributed by atoms with van der Waals surface area (Å²) >= 11 is 0. The van der Waals surface area contributed by atoms with Gasteiger partial charge in [-0.15, -0.1) is 0 Å². The van der Waals surface area contributed by atoms with Gasteiger partial charge in [-0.05, 0) is 91.8 Å². The number of fused-ring (bicyclic) bond motifs is 1. The van der Waals surface area contributed by atoms with Gasteiger partial charge in [-0.25, -0.2) is 9.78 Å². The predicted molar refractivity (Wildman–Crippen MR) is 166 cm³/mol. The SMILES string of the molecule is CO.COC(=O)c1c(Cc2ccc(C(=O)N[C@@H]3[C@@H]4C[C@@H]5C[C@H]3C[C@](O)(C5)C4)cc2)c(=O)c2cccnc2n1-c1ccccc1. The number of esters is 1. The number of ether oxygens (including phenoxy) is 1. The van der Waals surface area contributed by atoms with Crippen molar-refractivity contribution in [3.8, 4) is 5.69 Å². The summed E-state index contributed by atoms with van der Waals surface area (Å²) in [5.74, 6) is 0.484. The van der Waals surface area contributed by atoms with Gasteiger partial charge in [0.05, 0.1) is 18.1 Å². The normalized spacial score (nSPS) is 24.8. The third-order valence-corrected chi connectivity index (χ3v) is 9.56. The van der Waals surface area contributed by atoms with E-state index in [4.69, 9.17) is 9.84 Å². The molecule has 4 fully saturated rings. The zero-order valence-electron chi connectivity index (χ0n) is 24.9. The minimum atomic E-state index is -0.630. The van der Waals surface area contributed by atoms with E-state index < -0.39 is 11.6 Å². The van der Waals surface area contributed by atoms with Crippen molar-refractivity contribution in [3.05, 3.63) is 106 Å². The average Bonchev–Trinajstić information content (AvgIpc) is 3.04. The molecule has 0 radical (unpaired) electrons. The number of aliphatic hydroxyl groups is 2. The van der Waals surface area contributed by atoms with Crippen LogP contribution in [0.4, 0.5) is 0 Å². The maximum absolute atomic E-state index is 13.8. The third-order valence-electron chi connectivity index (χ3n) is 9.56. The fourth-order valence-electron chi connectivity index (χ4n) is 8.00. The van der Waals surface area contributed by atoms with Crippen molar-refractivity contribution >= 4 is 22.9 Å². The van der Waals surface area contributed by atoms with Gasteiger partial charge in [0.2, 0.25) is 0 Å². The van der Waals surface area contributed by atoms with Crippen molar-refractivity contribution in [3.63, 3.8) is 0 Å². The first-order valence-corrected chi connectivity index (χ1v) is 15.1. The summed E-state index contributed by atoms with van der Waals surface area (Å²) in [4.78, 5) is 44.7. The number of hydrogen-bond donors (Lipinski definition) is 3. The second-order valence-corrected chi connectivity index (χ2v) is 12.3. The Kier molecular flexibility index (Phi) is 8.09. The molecule has 3 N–H and O–H groups in total. The van der Waals surface area contributed by atoms with Crippen LogP contribution in [0.2, 0.25) is 0 Å². The second-order valence-electron chi connectivity index (χ2n) is 12.3. The topological polar surface area (TPSA) is 131 Å². The highest BCUT2D eigenvalue weighted by molar-refractivity contribution is 5.95. The second kappa shape index (κ2) is 12.0. The van der Waals surface area contributed by atoms with Gasteiger partial charge < -0.3 is 20.3 Å². The first kappa shape index (κ1) is 29.7. The number of methoxy groups -OCH3 is 1. The number of hydrogen-bond acceptors (Lipinski definition) is 7. The maximum Gasteiger partial charge on any atom is 0.355 e. The van der Waals surface area contributed by atoms with E-state index in [-0.39, 0.29) is 29.5 Å². The van der Waals surface area contributed by atoms with Crippen LogP contribution >= 0.6 is 0 Å². The van der Waals surface area contributed by atoms with Crippen LogP contribution in [0, 0.1) is 17.8 Å². The largest absolute Gasteiger partial charge is 0.464 e. The summed E-state index contributed by atoms with van der Waals surface area (Å²) in [5, 5.41) is 21.6. The van der Waals surface area contributed by atoms with Crippen LogP contribution in [-0.2, 0) is 11.2 Å². The molecule has 0 saturated heterocycles. The number of nitrogens with one attached hydrogen (secondary N) is 1. The van der Waals surface area contributed by atoms with Gasteiger partial charge in [0.25, 0.3) is 5.91 Å². The molecule has 4 bridgehead atoms. The Morgan fingerprint density at radius 2 is 1.66 bits per heavy atom. The summed E-state index contributed by atoms with van der Waals surface area (Å²) in [6.45, 7) is 0. The van der Waals surface area contributed by atoms with Crippen LogP contribution < -0.4 is 10.7 Å². The van der Waals surface area contributed by atoms with Crippen molar-refractivity contribution in [2.45, 2.75) is 50.2 Å². The molecule has 1 amide bonds. The average molecular weight is 596 g/mol. The fraction of sp³-hybridized carbons (Fsp3) is 0.371. The number of rotatable bonds is 6. The highest BCUT2D eigenvalue weighted by atomic mass is 16.5. The zero-order chi connectivity index (χ0) is 31.0. The van der Waals surface area contributed by atoms with Crippen LogP contribution in [0.3, 0.4) is 0 Å². The van der Waals surface area contributed by atoms with Gasteiger partial charge in [0.1, 0.15) is 11.3 Å². The number of carbonyl (C=O) groups excluding carboxylic acids is 2. The van der Waals surface area contributed by atoms with Crippen molar-refractivity contribution in [1.29, 1.82) is 0 Å². The first-order chi connectivity index (χ1) is 21.3. The lowest BCUT2D eigenvalue weighted by Crippen LogP contribution is -2.61. The van der Waals surface area contributed by atoms with E-state index >= 15 is 0 Å². The number of amides is 1. The summed E-state index contributed by atoms with van der Waals surface area (Å²) in [5.41, 5.74) is 2.00. The number of pyridine rings is 2. The van der Waals surface area contributed by atoms with Crippen molar-refractivity contribution in [2.75, 3.05) is 14.2 Å². The highest BCUT2D eigenvalue weighted by Gasteiger charge is 2.55. The standard InChI is InChI=1S/C34H33N3O5.CH4O/c1-42-33(40)29-27(30(38)26-8-5-13-35-31(26)37(29)25-6-3-2-4-7-25)16-20-9-11-22(12-10-20)32(39)36-28-23-14-21-15-24(28)19-34(41,17-21)18-23;1-2/h2-13,21,23-24,28,41H,14-19H2,1H3,(H,36,39);2H,1H3/t21-,23-,24+,28-,34+;. The molecule has 44 heavy (non-hydrogen) atoms. The molecular weight excluding hydrogens is 558 g/mol. The molecular formula is C35H37N3O6. The quantitative estimate of drug-likeness (QED) is 0.287. The number of nitrogens with zero attached hydrogens (tertiary/aromatic N) is 2. The maximum atomic E-state index is 13.8. The molecule has 0 unspecified atom stereocenters. The molecule has 2 heterocycles. The number of carbonyl (C=O) groups is 2. The lowest BCUT2D eigenvalue weighted by atomic mass is 9.52. The summed E-state index contributed by atoms with van der Waals surface area (Å²) in [7, 11) is 2.30. The van der Waals surface area contributed by atoms with Crippen molar-refractivity contribution < 1.29 is 24.5 Å². The van der Waals surface area contributed by atoms with Crippen LogP contribution in [0.1, 0.15) is 64.1 Å². The molecule has 0 aliphatic heterocycles. The number of aromatic nitrogens is 2. The minimum absolute atomic E-state index is 0.0966. The smallest absolute Gasteiger partial charge is 0.355 e. The summed E-state index contributed by atoms with van der Waals surface area (Å²) < 4.78 is 6.84. The molecule has 0 spiro atoms. The van der Waals surface area contributed by atoms with Gasteiger partial charge in [-0.1, -0.05) is 30.3 Å². The molecule has 4 aromatic rings. The zero-order valence-corrected chi connectivity index (χ0v) is 24.9. The van der Waals surface area contributed by atoms with E-state index in [1.165, 1.54) is 7.11 Å². The van der Waals surface area contributed by atoms with E-state index in [0.717, 1.165) is 44.8 Å². The lowest BCUT2D eigenvalue weighted by Gasteiger charge is -2.58. The van der Waals surface area contributed by atoms with E-state index in [2.05, 4.69) is 10.3 Å². The molecule has 4 aliphatic carbocycles. The van der Waals surface area contributed by atoms with Gasteiger partial charge in [-0.2, -0.15) is 0 Å². The Balaban J connectivity index is 0.00000168. The first-order valence-electron chi connectivity index (χ1n) is 15.1. The fourth-order valence-corrected chi connectivity index (χ4v) is 8.00. The molecule has 4 aliphatic rings. The molecule has 2 aromatic heterocycles. The van der Waals surface area contributed by atoms with Crippen molar-refractivity contribution in [2.24, 2.45) is 17.8 Å². The Morgan fingerprint density at radius 1 is 0.977 bits per heavy atom. The molecule has 228 valence electrons. The van der Waals surface area contributed by atoms with E-state index in [9.17, 15) is 19.5 Å². The summed E-state index contributed by atoms with van der Waals surface area (Å²) in [6.07, 6.45) is 6.37. The summed E-state index contributed by atoms with van der Waals surface area (Å²) in [6, 6.07) is 20.0. The molecule has 9 nitrogen and oxygen atoms in total. The van der Waals surface area contributed by atoms with Crippen LogP contribution in [0.15, 0.2) is 77.7 Å². The highest BCUT2D eigenvalue weighted by Crippen LogP contribution is 2.55. The predicted octanol–water partition coefficient (Wildman–Crippen LogP) is 4.04. The third kappa shape index (κ3) is 5.31. The Labute approximate surface area is 255 Å². The number of para-hydroxylation sites is 1. The van der Waals surface area contributed by atoms with Crippen LogP contribution in [0.25, 0.3) is 16.7 Å². The Morgan fingerprint density at radius 3 is 2.30 bits per heavy atom. The Hall–Kier alpha value is -4.34. The number of aliphatic hydroxyl groups excluding tert-OH is 1. The van der Waals surface area contributed by atoms with Gasteiger partial charge >= 0.3 is 5.97 Å². The minimum Gasteiger partial charge on any atom is -0.464 e. The monoisotopic (exact) mass is 595 g/mol. The molecule has 5 atom stereocenters. The molecule has 2 aromatic carbocycles. The molecule has 8 rings (SSSR count). The van der Waals surface area contributed by atoms with Crippen LogP contribution in [-0.4, -0.2) is 57.5 Å². The molecule has 9 heteroatoms. The molecule has 4 saturated carbocycles. The van der Waals surface area contributed by atoms with Gasteiger partial charge in [0.15, 0.2) is 5.43 Å². The van der Waals surface area contributed by atoms with Gasteiger partial charge in [0, 0.05) is 42.6 Å². The van der Waals surface area contributed by atoms with E-state index in [1.807, 2.05) is 42.5 Å². The van der Waals surface area contributed by atoms with E-state index in [1.54, 1.807) is 35.0 Å². The van der Waals surface area contributed by atoms with Crippen molar-refractivity contribution in [1.82, 2.24) is 14.9 Å². The lowest BCUT2D eigenvalue weighted by molar-refractivity contribution is -0.136. The van der Waals surface area contributed by atoms with E-state index in [0.29, 0.717) is 45.6 Å². The van der Waals surface area contributed by atoms with Gasteiger partial charge in [-0.3, -0.25) is 14.2 Å². The number of benzene rings is 2.